The van der Waals surface area contributed by atoms with E-state index in [1.165, 1.54) is 12.8 Å². The first-order valence-electron chi connectivity index (χ1n) is 7.04. The highest BCUT2D eigenvalue weighted by atomic mass is 35.5. The first-order chi connectivity index (χ1) is 9.19. The quantitative estimate of drug-likeness (QED) is 0.868. The molecule has 3 rings (SSSR count). The lowest BCUT2D eigenvalue weighted by molar-refractivity contribution is -0.115. The van der Waals surface area contributed by atoms with Crippen molar-refractivity contribution in [2.24, 2.45) is 5.92 Å². The van der Waals surface area contributed by atoms with Crippen molar-refractivity contribution >= 4 is 23.2 Å². The third-order valence-corrected chi connectivity index (χ3v) is 4.22. The zero-order chi connectivity index (χ0) is 13.4. The lowest BCUT2D eigenvalue weighted by atomic mass is 9.98. The molecule has 1 saturated carbocycles. The van der Waals surface area contributed by atoms with Gasteiger partial charge in [-0.05, 0) is 48.9 Å². The molecule has 102 valence electrons. The molecule has 1 aromatic rings. The standard InChI is InChI=1S/C15H19ClN2O/c1-2-5-17-15(9-3-4-9)11-6-10-7-14(19)18-13(10)8-12(11)16/h6,8-9,15,17H,2-5,7H2,1H3,(H,18,19). The minimum atomic E-state index is 0.0627. The molecule has 4 heteroatoms. The van der Waals surface area contributed by atoms with E-state index < -0.39 is 0 Å². The van der Waals surface area contributed by atoms with Gasteiger partial charge in [0.15, 0.2) is 0 Å². The molecule has 2 N–H and O–H groups in total. The molecule has 1 amide bonds. The maximum absolute atomic E-state index is 11.4. The largest absolute Gasteiger partial charge is 0.325 e. The first kappa shape index (κ1) is 12.9. The number of carbonyl (C=O) groups is 1. The smallest absolute Gasteiger partial charge is 0.228 e. The van der Waals surface area contributed by atoms with Crippen LogP contribution < -0.4 is 10.6 Å². The van der Waals surface area contributed by atoms with Gasteiger partial charge in [0.2, 0.25) is 5.91 Å². The lowest BCUT2D eigenvalue weighted by Crippen LogP contribution is -2.24. The van der Waals surface area contributed by atoms with E-state index in [1.807, 2.05) is 6.07 Å². The van der Waals surface area contributed by atoms with Gasteiger partial charge in [0.1, 0.15) is 0 Å². The highest BCUT2D eigenvalue weighted by Gasteiger charge is 2.34. The molecule has 1 unspecified atom stereocenters. The fourth-order valence-electron chi connectivity index (χ4n) is 2.77. The number of halogens is 1. The summed E-state index contributed by atoms with van der Waals surface area (Å²) in [6.07, 6.45) is 4.13. The molecular formula is C15H19ClN2O. The molecule has 3 nitrogen and oxygen atoms in total. The minimum absolute atomic E-state index is 0.0627. The van der Waals surface area contributed by atoms with Crippen LogP contribution in [0.4, 0.5) is 5.69 Å². The van der Waals surface area contributed by atoms with Gasteiger partial charge in [0.25, 0.3) is 0 Å². The average Bonchev–Trinajstić information content (AvgIpc) is 3.13. The normalized spacial score (nSPS) is 19.2. The van der Waals surface area contributed by atoms with Crippen LogP contribution in [-0.2, 0) is 11.2 Å². The number of anilines is 1. The second-order valence-corrected chi connectivity index (χ2v) is 5.93. The fourth-order valence-corrected chi connectivity index (χ4v) is 3.05. The highest BCUT2D eigenvalue weighted by molar-refractivity contribution is 6.32. The number of carbonyl (C=O) groups excluding carboxylic acids is 1. The second-order valence-electron chi connectivity index (χ2n) is 5.53. The van der Waals surface area contributed by atoms with Crippen LogP contribution in [0.3, 0.4) is 0 Å². The molecular weight excluding hydrogens is 260 g/mol. The van der Waals surface area contributed by atoms with Gasteiger partial charge in [-0.1, -0.05) is 24.6 Å². The maximum atomic E-state index is 11.4. The van der Waals surface area contributed by atoms with Gasteiger partial charge in [-0.3, -0.25) is 4.79 Å². The van der Waals surface area contributed by atoms with Crippen LogP contribution in [0.15, 0.2) is 12.1 Å². The predicted octanol–water partition coefficient (Wildman–Crippen LogP) is 3.29. The van der Waals surface area contributed by atoms with Crippen molar-refractivity contribution in [3.8, 4) is 0 Å². The van der Waals surface area contributed by atoms with Gasteiger partial charge < -0.3 is 10.6 Å². The molecule has 19 heavy (non-hydrogen) atoms. The fraction of sp³-hybridized carbons (Fsp3) is 0.533. The van der Waals surface area contributed by atoms with Crippen molar-refractivity contribution < 1.29 is 4.79 Å². The molecule has 1 heterocycles. The van der Waals surface area contributed by atoms with E-state index in [0.29, 0.717) is 18.4 Å². The Morgan fingerprint density at radius 3 is 2.95 bits per heavy atom. The average molecular weight is 279 g/mol. The van der Waals surface area contributed by atoms with Crippen molar-refractivity contribution in [3.63, 3.8) is 0 Å². The molecule has 1 aromatic carbocycles. The molecule has 0 aromatic heterocycles. The predicted molar refractivity (Wildman–Crippen MR) is 77.5 cm³/mol. The Kier molecular flexibility index (Phi) is 3.50. The summed E-state index contributed by atoms with van der Waals surface area (Å²) in [5, 5.41) is 7.21. The molecule has 2 aliphatic rings. The summed E-state index contributed by atoms with van der Waals surface area (Å²) in [4.78, 5) is 11.4. The van der Waals surface area contributed by atoms with E-state index in [1.54, 1.807) is 0 Å². The Labute approximate surface area is 118 Å². The summed E-state index contributed by atoms with van der Waals surface area (Å²) in [7, 11) is 0. The van der Waals surface area contributed by atoms with Crippen LogP contribution in [0.25, 0.3) is 0 Å². The Morgan fingerprint density at radius 1 is 1.47 bits per heavy atom. The molecule has 0 radical (unpaired) electrons. The zero-order valence-electron chi connectivity index (χ0n) is 11.1. The Hall–Kier alpha value is -1.06. The zero-order valence-corrected chi connectivity index (χ0v) is 11.9. The number of nitrogens with one attached hydrogen (secondary N) is 2. The van der Waals surface area contributed by atoms with Crippen molar-refractivity contribution in [2.45, 2.75) is 38.6 Å². The molecule has 1 atom stereocenters. The van der Waals surface area contributed by atoms with Gasteiger partial charge in [0.05, 0.1) is 6.42 Å². The monoisotopic (exact) mass is 278 g/mol. The summed E-state index contributed by atoms with van der Waals surface area (Å²) in [6.45, 7) is 3.18. The summed E-state index contributed by atoms with van der Waals surface area (Å²) in [5.74, 6) is 0.764. The molecule has 0 spiro atoms. The van der Waals surface area contributed by atoms with Crippen molar-refractivity contribution in [1.29, 1.82) is 0 Å². The number of rotatable bonds is 5. The number of amides is 1. The maximum Gasteiger partial charge on any atom is 0.228 e. The van der Waals surface area contributed by atoms with Crippen LogP contribution in [0.5, 0.6) is 0 Å². The van der Waals surface area contributed by atoms with Gasteiger partial charge in [-0.15, -0.1) is 0 Å². The van der Waals surface area contributed by atoms with E-state index in [0.717, 1.165) is 34.8 Å². The van der Waals surface area contributed by atoms with Gasteiger partial charge in [0, 0.05) is 16.8 Å². The van der Waals surface area contributed by atoms with Crippen LogP contribution in [0.1, 0.15) is 43.4 Å². The third-order valence-electron chi connectivity index (χ3n) is 3.89. The minimum Gasteiger partial charge on any atom is -0.325 e. The number of benzene rings is 1. The highest BCUT2D eigenvalue weighted by Crippen LogP contribution is 2.44. The summed E-state index contributed by atoms with van der Waals surface area (Å²) < 4.78 is 0. The summed E-state index contributed by atoms with van der Waals surface area (Å²) in [6, 6.07) is 4.36. The summed E-state index contributed by atoms with van der Waals surface area (Å²) >= 11 is 6.41. The second kappa shape index (κ2) is 5.14. The van der Waals surface area contributed by atoms with Crippen LogP contribution in [0.2, 0.25) is 5.02 Å². The molecule has 1 aliphatic heterocycles. The topological polar surface area (TPSA) is 41.1 Å². The lowest BCUT2D eigenvalue weighted by Gasteiger charge is -2.20. The van der Waals surface area contributed by atoms with E-state index >= 15 is 0 Å². The molecule has 0 saturated heterocycles. The number of hydrogen-bond donors (Lipinski definition) is 2. The van der Waals surface area contributed by atoms with Gasteiger partial charge in [-0.25, -0.2) is 0 Å². The number of fused-ring (bicyclic) bond motifs is 1. The van der Waals surface area contributed by atoms with Gasteiger partial charge >= 0.3 is 0 Å². The SMILES string of the molecule is CCCNC(c1cc2c(cc1Cl)NC(=O)C2)C1CC1. The van der Waals surface area contributed by atoms with Crippen molar-refractivity contribution in [3.05, 3.63) is 28.3 Å². The van der Waals surface area contributed by atoms with Crippen LogP contribution >= 0.6 is 11.6 Å². The first-order valence-corrected chi connectivity index (χ1v) is 7.42. The van der Waals surface area contributed by atoms with E-state index in [9.17, 15) is 4.79 Å². The number of hydrogen-bond acceptors (Lipinski definition) is 2. The van der Waals surface area contributed by atoms with E-state index in [2.05, 4.69) is 23.6 Å². The summed E-state index contributed by atoms with van der Waals surface area (Å²) in [5.41, 5.74) is 3.12. The molecule has 1 aliphatic carbocycles. The van der Waals surface area contributed by atoms with Crippen LogP contribution in [0, 0.1) is 5.92 Å². The Balaban J connectivity index is 1.90. The Bertz CT molecular complexity index is 511. The van der Waals surface area contributed by atoms with Crippen molar-refractivity contribution in [2.75, 3.05) is 11.9 Å². The molecule has 0 bridgehead atoms. The van der Waals surface area contributed by atoms with Crippen molar-refractivity contribution in [1.82, 2.24) is 5.32 Å². The van der Waals surface area contributed by atoms with E-state index in [4.69, 9.17) is 11.6 Å². The third kappa shape index (κ3) is 2.63. The van der Waals surface area contributed by atoms with E-state index in [-0.39, 0.29) is 5.91 Å². The van der Waals surface area contributed by atoms with Gasteiger partial charge in [-0.2, -0.15) is 0 Å². The molecule has 1 fully saturated rings. The van der Waals surface area contributed by atoms with Crippen LogP contribution in [-0.4, -0.2) is 12.5 Å². The Morgan fingerprint density at radius 2 is 2.26 bits per heavy atom.